The highest BCUT2D eigenvalue weighted by Crippen LogP contribution is 2.36. The Labute approximate surface area is 364 Å². The molecule has 0 spiro atoms. The fourth-order valence-corrected chi connectivity index (χ4v) is 11.2. The van der Waals surface area contributed by atoms with Gasteiger partial charge in [-0.15, -0.1) is 0 Å². The van der Waals surface area contributed by atoms with Crippen molar-refractivity contribution >= 4 is 46.5 Å². The first-order valence-electron chi connectivity index (χ1n) is 23.0. The lowest BCUT2D eigenvalue weighted by atomic mass is 9.85. The van der Waals surface area contributed by atoms with Crippen LogP contribution in [0.15, 0.2) is 24.7 Å². The number of alkyl halides is 2. The number of imide groups is 1. The number of halogens is 2. The minimum absolute atomic E-state index is 0.0114. The standard InChI is InChI=1S/C45H58F2N12O4/c1-54(16-12-27-13-17-56(18-14-27)23-29-4-3-5-33-39(52-55(2)41(29)33)34-10-11-38(60)51-44(34)61)22-28-6-8-30(9-7-28)59-25-36(40(53-59)42(46)47)49-45(62)35-21-48-58-19-15-37(50-43(35)58)57-24-32-20-31(57)26-63-32/h5,15,19,21,25,27-28,30-32,34,42H,3-4,6-14,16-18,20,22-24,26H2,1-2H3,(H,49,62)(H,51,60,61)/t28?,30?,31-,32-,34?/m1/s1. The molecule has 2 bridgehead atoms. The van der Waals surface area contributed by atoms with Crippen LogP contribution in [0.2, 0.25) is 0 Å². The molecule has 0 radical (unpaired) electrons. The summed E-state index contributed by atoms with van der Waals surface area (Å²) in [7, 11) is 4.19. The van der Waals surface area contributed by atoms with Crippen LogP contribution in [0, 0.1) is 11.8 Å². The zero-order valence-electron chi connectivity index (χ0n) is 36.2. The maximum absolute atomic E-state index is 14.3. The van der Waals surface area contributed by atoms with Crippen LogP contribution in [-0.2, 0) is 21.4 Å². The quantitative estimate of drug-likeness (QED) is 0.190. The molecule has 4 aromatic heterocycles. The number of hydrogen-bond donors (Lipinski definition) is 2. The number of nitrogens with one attached hydrogen (secondary N) is 2. The zero-order valence-corrected chi connectivity index (χ0v) is 36.2. The van der Waals surface area contributed by atoms with Gasteiger partial charge < -0.3 is 19.9 Å². The van der Waals surface area contributed by atoms with Crippen molar-refractivity contribution in [3.8, 4) is 0 Å². The molecule has 4 saturated heterocycles. The first kappa shape index (κ1) is 41.9. The van der Waals surface area contributed by atoms with E-state index in [1.165, 1.54) is 35.5 Å². The molecule has 2 N–H and O–H groups in total. The Morgan fingerprint density at radius 1 is 1.05 bits per heavy atom. The van der Waals surface area contributed by atoms with Gasteiger partial charge in [0.05, 0.1) is 53.6 Å². The number of hydrogen-bond acceptors (Lipinski definition) is 11. The van der Waals surface area contributed by atoms with E-state index < -0.39 is 18.0 Å². The SMILES string of the molecule is CN(CCC1CCN(CC2=c3c(c(C4CCC(=O)NC4=O)nn3C)=CCC2)CC1)CC1CCC(n2cc(NC(=O)c3cnn4ccc(N5C[C@H]6C[C@@H]5CO6)nc34)c(C(F)F)n2)CC1. The number of fused-ring (bicyclic) bond motifs is 4. The summed E-state index contributed by atoms with van der Waals surface area (Å²) in [5.41, 5.74) is 2.35. The van der Waals surface area contributed by atoms with E-state index >= 15 is 0 Å². The Bertz CT molecular complexity index is 2500. The highest BCUT2D eigenvalue weighted by Gasteiger charge is 2.40. The lowest BCUT2D eigenvalue weighted by Crippen LogP contribution is -2.43. The van der Waals surface area contributed by atoms with Crippen molar-refractivity contribution in [2.75, 3.05) is 63.1 Å². The van der Waals surface area contributed by atoms with Crippen LogP contribution >= 0.6 is 0 Å². The molecule has 336 valence electrons. The van der Waals surface area contributed by atoms with Crippen molar-refractivity contribution in [2.45, 2.75) is 108 Å². The number of carbonyl (C=O) groups excluding carboxylic acids is 3. The van der Waals surface area contributed by atoms with Crippen molar-refractivity contribution in [2.24, 2.45) is 18.9 Å². The summed E-state index contributed by atoms with van der Waals surface area (Å²) in [6, 6.07) is 2.12. The first-order valence-corrected chi connectivity index (χ1v) is 23.0. The van der Waals surface area contributed by atoms with E-state index in [-0.39, 0.29) is 47.2 Å². The summed E-state index contributed by atoms with van der Waals surface area (Å²) in [5, 5.41) is 20.9. The molecule has 4 aromatic rings. The number of amides is 3. The maximum Gasteiger partial charge on any atom is 0.284 e. The van der Waals surface area contributed by atoms with E-state index in [9.17, 15) is 23.2 Å². The van der Waals surface area contributed by atoms with E-state index in [4.69, 9.17) is 14.8 Å². The second-order valence-electron chi connectivity index (χ2n) is 18.8. The van der Waals surface area contributed by atoms with E-state index in [0.29, 0.717) is 36.9 Å². The molecule has 4 aliphatic heterocycles. The number of aromatic nitrogens is 7. The van der Waals surface area contributed by atoms with E-state index in [2.05, 4.69) is 48.7 Å². The molecular formula is C45H58F2N12O4. The highest BCUT2D eigenvalue weighted by atomic mass is 19.3. The van der Waals surface area contributed by atoms with Gasteiger partial charge in [-0.05, 0) is 121 Å². The number of anilines is 2. The normalized spacial score (nSPS) is 25.7. The Morgan fingerprint density at radius 3 is 2.62 bits per heavy atom. The lowest BCUT2D eigenvalue weighted by Gasteiger charge is -2.34. The van der Waals surface area contributed by atoms with Gasteiger partial charge >= 0.3 is 0 Å². The fraction of sp³-hybridized carbons (Fsp3) is 0.622. The molecule has 63 heavy (non-hydrogen) atoms. The molecule has 5 fully saturated rings. The zero-order chi connectivity index (χ0) is 43.4. The van der Waals surface area contributed by atoms with Crippen molar-refractivity contribution in [3.63, 3.8) is 0 Å². The number of aryl methyl sites for hydroxylation is 1. The molecule has 8 heterocycles. The molecule has 6 aliphatic rings. The predicted molar refractivity (Wildman–Crippen MR) is 231 cm³/mol. The van der Waals surface area contributed by atoms with Crippen LogP contribution in [0.3, 0.4) is 0 Å². The second-order valence-corrected chi connectivity index (χ2v) is 18.8. The number of likely N-dealkylation sites (tertiary alicyclic amines) is 1. The maximum atomic E-state index is 14.3. The van der Waals surface area contributed by atoms with Gasteiger partial charge in [0.15, 0.2) is 11.3 Å². The predicted octanol–water partition coefficient (Wildman–Crippen LogP) is 3.54. The summed E-state index contributed by atoms with van der Waals surface area (Å²) in [5.74, 6) is 0.593. The van der Waals surface area contributed by atoms with E-state index in [1.807, 2.05) is 17.8 Å². The van der Waals surface area contributed by atoms with Crippen LogP contribution in [0.5, 0.6) is 0 Å². The van der Waals surface area contributed by atoms with Gasteiger partial charge in [0.2, 0.25) is 11.8 Å². The van der Waals surface area contributed by atoms with E-state index in [0.717, 1.165) is 106 Å². The third-order valence-electron chi connectivity index (χ3n) is 14.6. The van der Waals surface area contributed by atoms with E-state index in [1.54, 1.807) is 17.1 Å². The average molecular weight is 869 g/mol. The molecule has 10 rings (SSSR count). The summed E-state index contributed by atoms with van der Waals surface area (Å²) in [6.07, 6.45) is 15.3. The van der Waals surface area contributed by atoms with Gasteiger partial charge in [-0.1, -0.05) is 6.08 Å². The molecule has 2 aliphatic carbocycles. The van der Waals surface area contributed by atoms with Crippen molar-refractivity contribution < 1.29 is 27.9 Å². The van der Waals surface area contributed by atoms with Crippen LogP contribution < -0.4 is 26.1 Å². The molecule has 0 aromatic carbocycles. The highest BCUT2D eigenvalue weighted by molar-refractivity contribution is 6.08. The fourth-order valence-electron chi connectivity index (χ4n) is 11.2. The van der Waals surface area contributed by atoms with Gasteiger partial charge in [-0.2, -0.15) is 15.3 Å². The minimum Gasteiger partial charge on any atom is -0.374 e. The summed E-state index contributed by atoms with van der Waals surface area (Å²) >= 11 is 0. The van der Waals surface area contributed by atoms with Crippen molar-refractivity contribution in [1.82, 2.24) is 49.3 Å². The van der Waals surface area contributed by atoms with Gasteiger partial charge in [0.25, 0.3) is 12.3 Å². The minimum atomic E-state index is -2.84. The molecule has 18 heteroatoms. The molecule has 16 nitrogen and oxygen atoms in total. The van der Waals surface area contributed by atoms with Crippen LogP contribution in [0.4, 0.5) is 20.3 Å². The second kappa shape index (κ2) is 17.5. The molecule has 3 amide bonds. The monoisotopic (exact) mass is 868 g/mol. The van der Waals surface area contributed by atoms with Gasteiger partial charge in [-0.25, -0.2) is 18.3 Å². The third-order valence-corrected chi connectivity index (χ3v) is 14.6. The Hall–Kier alpha value is -5.07. The Morgan fingerprint density at radius 2 is 1.87 bits per heavy atom. The summed E-state index contributed by atoms with van der Waals surface area (Å²) in [4.78, 5) is 50.0. The molecule has 1 saturated carbocycles. The molecule has 3 atom stereocenters. The number of rotatable bonds is 13. The van der Waals surface area contributed by atoms with Crippen molar-refractivity contribution in [3.05, 3.63) is 52.2 Å². The third kappa shape index (κ3) is 8.53. The largest absolute Gasteiger partial charge is 0.374 e. The average Bonchev–Trinajstić information content (AvgIpc) is 4.13. The topological polar surface area (TPSA) is 160 Å². The lowest BCUT2D eigenvalue weighted by molar-refractivity contribution is -0.134. The van der Waals surface area contributed by atoms with Crippen molar-refractivity contribution in [1.29, 1.82) is 0 Å². The summed E-state index contributed by atoms with van der Waals surface area (Å²) < 4.78 is 39.5. The number of carbonyl (C=O) groups is 3. The Kier molecular flexibility index (Phi) is 11.6. The Balaban J connectivity index is 0.687. The molecule has 1 unspecified atom stereocenters. The number of piperidine rings is 2. The van der Waals surface area contributed by atoms with Gasteiger partial charge in [-0.3, -0.25) is 34.0 Å². The van der Waals surface area contributed by atoms with Crippen LogP contribution in [0.1, 0.15) is 117 Å². The number of nitrogens with zero attached hydrogens (tertiary/aromatic N) is 10. The van der Waals surface area contributed by atoms with Crippen LogP contribution in [-0.4, -0.2) is 127 Å². The number of ether oxygens (including phenoxy) is 1. The molecular weight excluding hydrogens is 811 g/mol. The number of morpholine rings is 1. The smallest absolute Gasteiger partial charge is 0.284 e. The van der Waals surface area contributed by atoms with Crippen LogP contribution in [0.25, 0.3) is 17.3 Å². The first-order chi connectivity index (χ1) is 30.5. The summed E-state index contributed by atoms with van der Waals surface area (Å²) in [6.45, 7) is 6.52. The van der Waals surface area contributed by atoms with Gasteiger partial charge in [0.1, 0.15) is 11.4 Å². The van der Waals surface area contributed by atoms with Gasteiger partial charge in [0, 0.05) is 50.7 Å².